The minimum Gasteiger partial charge on any atom is -0.475 e. The predicted octanol–water partition coefficient (Wildman–Crippen LogP) is -0.648. The summed E-state index contributed by atoms with van der Waals surface area (Å²) in [5, 5.41) is 3.17. The number of ether oxygens (including phenoxy) is 1. The molecule has 1 atom stereocenters. The van der Waals surface area contributed by atoms with Gasteiger partial charge in [0.05, 0.1) is 6.54 Å². The average Bonchev–Trinajstić information content (AvgIpc) is 2.37. The van der Waals surface area contributed by atoms with Gasteiger partial charge in [-0.3, -0.25) is 4.99 Å². The van der Waals surface area contributed by atoms with Crippen molar-refractivity contribution in [3.8, 4) is 0 Å². The second-order valence-corrected chi connectivity index (χ2v) is 2.59. The lowest BCUT2D eigenvalue weighted by Gasteiger charge is -2.09. The molecule has 0 aromatic rings. The predicted molar refractivity (Wildman–Crippen MR) is 44.8 cm³/mol. The molecule has 0 spiro atoms. The number of hydrogen-bond acceptors (Lipinski definition) is 4. The van der Waals surface area contributed by atoms with Crippen LogP contribution in [0.2, 0.25) is 0 Å². The molecule has 4 nitrogen and oxygen atoms in total. The molecule has 0 aromatic carbocycles. The minimum absolute atomic E-state index is 0.224. The van der Waals surface area contributed by atoms with Crippen LogP contribution in [0.15, 0.2) is 4.99 Å². The summed E-state index contributed by atoms with van der Waals surface area (Å²) in [7, 11) is 0. The second kappa shape index (κ2) is 4.31. The van der Waals surface area contributed by atoms with Gasteiger partial charge < -0.3 is 15.8 Å². The van der Waals surface area contributed by atoms with Crippen molar-refractivity contribution in [2.24, 2.45) is 10.7 Å². The Hall–Kier alpha value is -0.610. The van der Waals surface area contributed by atoms with Crippen molar-refractivity contribution in [2.45, 2.75) is 13.0 Å². The van der Waals surface area contributed by atoms with Gasteiger partial charge in [0.15, 0.2) is 5.90 Å². The quantitative estimate of drug-likeness (QED) is 0.533. The Labute approximate surface area is 66.8 Å². The van der Waals surface area contributed by atoms with Crippen LogP contribution in [0.5, 0.6) is 0 Å². The van der Waals surface area contributed by atoms with Crippen molar-refractivity contribution in [1.82, 2.24) is 5.32 Å². The van der Waals surface area contributed by atoms with Crippen LogP contribution in [0.4, 0.5) is 0 Å². The van der Waals surface area contributed by atoms with E-state index < -0.39 is 0 Å². The van der Waals surface area contributed by atoms with Crippen molar-refractivity contribution in [1.29, 1.82) is 0 Å². The van der Waals surface area contributed by atoms with Gasteiger partial charge in [0.1, 0.15) is 6.10 Å². The topological polar surface area (TPSA) is 59.6 Å². The zero-order valence-corrected chi connectivity index (χ0v) is 6.84. The standard InChI is InChI=1S/C7H15N3O/c1-6-10-5-7(11-6)4-9-3-2-8/h7,9H,2-5,8H2,1H3. The van der Waals surface area contributed by atoms with E-state index in [0.29, 0.717) is 6.54 Å². The normalized spacial score (nSPS) is 23.1. The molecule has 0 fully saturated rings. The molecule has 64 valence electrons. The third-order valence-electron chi connectivity index (χ3n) is 1.55. The molecule has 1 heterocycles. The number of nitrogens with one attached hydrogen (secondary N) is 1. The van der Waals surface area contributed by atoms with Gasteiger partial charge in [-0.15, -0.1) is 0 Å². The van der Waals surface area contributed by atoms with E-state index in [1.54, 1.807) is 0 Å². The van der Waals surface area contributed by atoms with E-state index in [1.807, 2.05) is 6.92 Å². The third-order valence-corrected chi connectivity index (χ3v) is 1.55. The second-order valence-electron chi connectivity index (χ2n) is 2.59. The fourth-order valence-corrected chi connectivity index (χ4v) is 1.02. The van der Waals surface area contributed by atoms with Crippen LogP contribution in [0, 0.1) is 0 Å². The van der Waals surface area contributed by atoms with Crippen LogP contribution < -0.4 is 11.1 Å². The van der Waals surface area contributed by atoms with Crippen LogP contribution in [0.3, 0.4) is 0 Å². The lowest BCUT2D eigenvalue weighted by Crippen LogP contribution is -2.32. The van der Waals surface area contributed by atoms with Crippen molar-refractivity contribution in [3.05, 3.63) is 0 Å². The number of rotatable bonds is 4. The zero-order valence-electron chi connectivity index (χ0n) is 6.84. The lowest BCUT2D eigenvalue weighted by atomic mass is 10.3. The highest BCUT2D eigenvalue weighted by atomic mass is 16.5. The van der Waals surface area contributed by atoms with Crippen molar-refractivity contribution >= 4 is 5.90 Å². The maximum atomic E-state index is 5.35. The maximum Gasteiger partial charge on any atom is 0.180 e. The zero-order chi connectivity index (χ0) is 8.10. The molecule has 0 bridgehead atoms. The molecule has 0 saturated heterocycles. The van der Waals surface area contributed by atoms with Crippen LogP contribution in [0.25, 0.3) is 0 Å². The maximum absolute atomic E-state index is 5.35. The molecule has 1 unspecified atom stereocenters. The third kappa shape index (κ3) is 2.86. The Morgan fingerprint density at radius 2 is 2.64 bits per heavy atom. The number of hydrogen-bond donors (Lipinski definition) is 2. The van der Waals surface area contributed by atoms with Crippen LogP contribution >= 0.6 is 0 Å². The summed E-state index contributed by atoms with van der Waals surface area (Å²) in [6, 6.07) is 0. The summed E-state index contributed by atoms with van der Waals surface area (Å²) in [5.74, 6) is 0.796. The first-order valence-electron chi connectivity index (χ1n) is 3.91. The SMILES string of the molecule is CC1=NCC(CNCCN)O1. The minimum atomic E-state index is 0.224. The number of aliphatic imine (C=N–C) groups is 1. The summed E-state index contributed by atoms with van der Waals surface area (Å²) in [5.41, 5.74) is 5.31. The largest absolute Gasteiger partial charge is 0.475 e. The Bertz CT molecular complexity index is 147. The first-order chi connectivity index (χ1) is 5.33. The highest BCUT2D eigenvalue weighted by Gasteiger charge is 2.15. The van der Waals surface area contributed by atoms with E-state index >= 15 is 0 Å². The molecule has 0 saturated carbocycles. The van der Waals surface area contributed by atoms with Crippen LogP contribution in [-0.4, -0.2) is 38.2 Å². The molecule has 4 heteroatoms. The fourth-order valence-electron chi connectivity index (χ4n) is 1.02. The highest BCUT2D eigenvalue weighted by Crippen LogP contribution is 2.01. The van der Waals surface area contributed by atoms with Gasteiger partial charge in [0.25, 0.3) is 0 Å². The molecular formula is C7H15N3O. The Kier molecular flexibility index (Phi) is 3.32. The van der Waals surface area contributed by atoms with E-state index in [1.165, 1.54) is 0 Å². The molecular weight excluding hydrogens is 142 g/mol. The van der Waals surface area contributed by atoms with Crippen molar-refractivity contribution in [3.63, 3.8) is 0 Å². The Morgan fingerprint density at radius 3 is 3.18 bits per heavy atom. The molecule has 0 radical (unpaired) electrons. The van der Waals surface area contributed by atoms with Gasteiger partial charge in [0.2, 0.25) is 0 Å². The van der Waals surface area contributed by atoms with Gasteiger partial charge in [-0.2, -0.15) is 0 Å². The van der Waals surface area contributed by atoms with E-state index in [-0.39, 0.29) is 6.10 Å². The van der Waals surface area contributed by atoms with Gasteiger partial charge >= 0.3 is 0 Å². The lowest BCUT2D eigenvalue weighted by molar-refractivity contribution is 0.218. The molecule has 1 rings (SSSR count). The molecule has 11 heavy (non-hydrogen) atoms. The van der Waals surface area contributed by atoms with Crippen molar-refractivity contribution < 1.29 is 4.74 Å². The molecule has 0 aromatic heterocycles. The fraction of sp³-hybridized carbons (Fsp3) is 0.857. The monoisotopic (exact) mass is 157 g/mol. The van der Waals surface area contributed by atoms with E-state index in [4.69, 9.17) is 10.5 Å². The Balaban J connectivity index is 2.02. The summed E-state index contributed by atoms with van der Waals surface area (Å²) in [6.45, 7) is 5.02. The average molecular weight is 157 g/mol. The van der Waals surface area contributed by atoms with Crippen molar-refractivity contribution in [2.75, 3.05) is 26.2 Å². The molecule has 0 aliphatic carbocycles. The van der Waals surface area contributed by atoms with Gasteiger partial charge in [-0.25, -0.2) is 0 Å². The summed E-state index contributed by atoms with van der Waals surface area (Å²) < 4.78 is 5.35. The molecule has 3 N–H and O–H groups in total. The summed E-state index contributed by atoms with van der Waals surface area (Å²) in [6.07, 6.45) is 0.224. The van der Waals surface area contributed by atoms with Gasteiger partial charge in [-0.05, 0) is 0 Å². The van der Waals surface area contributed by atoms with Gasteiger partial charge in [-0.1, -0.05) is 0 Å². The first-order valence-corrected chi connectivity index (χ1v) is 3.91. The number of nitrogens with zero attached hydrogens (tertiary/aromatic N) is 1. The van der Waals surface area contributed by atoms with Crippen LogP contribution in [0.1, 0.15) is 6.92 Å². The summed E-state index contributed by atoms with van der Waals surface area (Å²) in [4.78, 5) is 4.12. The van der Waals surface area contributed by atoms with Gasteiger partial charge in [0, 0.05) is 26.6 Å². The van der Waals surface area contributed by atoms with E-state index in [0.717, 1.165) is 25.5 Å². The highest BCUT2D eigenvalue weighted by molar-refractivity contribution is 5.74. The first kappa shape index (κ1) is 8.49. The van der Waals surface area contributed by atoms with E-state index in [9.17, 15) is 0 Å². The summed E-state index contributed by atoms with van der Waals surface area (Å²) >= 11 is 0. The van der Waals surface area contributed by atoms with E-state index in [2.05, 4.69) is 10.3 Å². The molecule has 1 aliphatic heterocycles. The Morgan fingerprint density at radius 1 is 1.82 bits per heavy atom. The molecule has 0 amide bonds. The molecule has 1 aliphatic rings. The smallest absolute Gasteiger partial charge is 0.180 e. The van der Waals surface area contributed by atoms with Crippen LogP contribution in [-0.2, 0) is 4.74 Å². The number of nitrogens with two attached hydrogens (primary N) is 1.